The lowest BCUT2D eigenvalue weighted by Gasteiger charge is -2.32. The predicted octanol–water partition coefficient (Wildman–Crippen LogP) is 14.9. The first-order valence-electron chi connectivity index (χ1n) is 22.4. The lowest BCUT2D eigenvalue weighted by Crippen LogP contribution is -2.27. The number of fused-ring (bicyclic) bond motifs is 13. The Balaban J connectivity index is 1.12. The molecule has 2 aliphatic carbocycles. The van der Waals surface area contributed by atoms with Gasteiger partial charge in [-0.15, -0.1) is 0 Å². The molecule has 0 amide bonds. The van der Waals surface area contributed by atoms with Crippen LogP contribution in [0.15, 0.2) is 182 Å². The highest BCUT2D eigenvalue weighted by Gasteiger charge is 2.53. The van der Waals surface area contributed by atoms with E-state index in [-0.39, 0.29) is 10.8 Å². The fourth-order valence-corrected chi connectivity index (χ4v) is 10.7. The van der Waals surface area contributed by atoms with Gasteiger partial charge in [0.25, 0.3) is 0 Å². The van der Waals surface area contributed by atoms with Gasteiger partial charge in [0.2, 0.25) is 0 Å². The smallest absolute Gasteiger partial charge is 0.164 e. The topological polar surface area (TPSA) is 43.6 Å². The molecule has 2 aliphatic rings. The van der Waals surface area contributed by atoms with Crippen molar-refractivity contribution in [3.63, 3.8) is 0 Å². The summed E-state index contributed by atoms with van der Waals surface area (Å²) < 4.78 is 2.34. The summed E-state index contributed by atoms with van der Waals surface area (Å²) in [6, 6.07) is 66.5. The molecule has 0 fully saturated rings. The zero-order valence-electron chi connectivity index (χ0n) is 37.1. The summed E-state index contributed by atoms with van der Waals surface area (Å²) in [7, 11) is 0. The molecule has 2 aromatic heterocycles. The van der Waals surface area contributed by atoms with Gasteiger partial charge in [-0.1, -0.05) is 187 Å². The zero-order chi connectivity index (χ0) is 43.5. The van der Waals surface area contributed by atoms with Crippen LogP contribution in [-0.4, -0.2) is 19.5 Å². The molecule has 0 aliphatic heterocycles. The van der Waals surface area contributed by atoms with Crippen LogP contribution < -0.4 is 0 Å². The third-order valence-electron chi connectivity index (χ3n) is 13.8. The van der Waals surface area contributed by atoms with Gasteiger partial charge in [-0.2, -0.15) is 0 Å². The maximum Gasteiger partial charge on any atom is 0.164 e. The molecule has 0 N–H and O–H groups in total. The van der Waals surface area contributed by atoms with E-state index in [0.29, 0.717) is 17.5 Å². The Morgan fingerprint density at radius 3 is 1.61 bits per heavy atom. The van der Waals surface area contributed by atoms with Gasteiger partial charge in [0.15, 0.2) is 17.5 Å². The normalized spacial score (nSPS) is 13.6. The van der Waals surface area contributed by atoms with Gasteiger partial charge >= 0.3 is 0 Å². The van der Waals surface area contributed by atoms with Crippen molar-refractivity contribution in [1.82, 2.24) is 19.5 Å². The maximum absolute atomic E-state index is 5.47. The Morgan fingerprint density at radius 1 is 0.375 bits per heavy atom. The van der Waals surface area contributed by atoms with Crippen molar-refractivity contribution in [2.24, 2.45) is 0 Å². The summed E-state index contributed by atoms with van der Waals surface area (Å²) in [5.74, 6) is 1.94. The number of para-hydroxylation sites is 2. The third-order valence-corrected chi connectivity index (χ3v) is 13.8. The quantitative estimate of drug-likeness (QED) is 0.178. The van der Waals surface area contributed by atoms with Gasteiger partial charge in [0, 0.05) is 33.2 Å². The number of hydrogen-bond donors (Lipinski definition) is 0. The van der Waals surface area contributed by atoms with E-state index in [1.165, 1.54) is 61.0 Å². The highest BCUT2D eigenvalue weighted by atomic mass is 15.0. The summed E-state index contributed by atoms with van der Waals surface area (Å²) in [5, 5.41) is 2.34. The molecule has 4 heteroatoms. The number of hydrogen-bond acceptors (Lipinski definition) is 3. The second-order valence-corrected chi connectivity index (χ2v) is 19.6. The molecule has 0 saturated heterocycles. The fourth-order valence-electron chi connectivity index (χ4n) is 10.7. The van der Waals surface area contributed by atoms with Gasteiger partial charge in [0.05, 0.1) is 16.4 Å². The fraction of sp³-hybridized carbons (Fsp3) is 0.150. The van der Waals surface area contributed by atoms with Crippen LogP contribution in [0.3, 0.4) is 0 Å². The Kier molecular flexibility index (Phi) is 8.24. The van der Waals surface area contributed by atoms with Crippen LogP contribution in [0.25, 0.3) is 83.9 Å². The van der Waals surface area contributed by atoms with Crippen LogP contribution in [-0.2, 0) is 16.2 Å². The highest BCUT2D eigenvalue weighted by Crippen LogP contribution is 2.64. The summed E-state index contributed by atoms with van der Waals surface area (Å²) in [6.07, 6.45) is 0. The molecule has 64 heavy (non-hydrogen) atoms. The summed E-state index contributed by atoms with van der Waals surface area (Å²) in [6.45, 7) is 13.9. The Labute approximate surface area is 375 Å². The molecule has 4 nitrogen and oxygen atoms in total. The van der Waals surface area contributed by atoms with Gasteiger partial charge in [-0.3, -0.25) is 0 Å². The molecule has 308 valence electrons. The van der Waals surface area contributed by atoms with Gasteiger partial charge in [-0.05, 0) is 103 Å². The van der Waals surface area contributed by atoms with Crippen molar-refractivity contribution in [1.29, 1.82) is 0 Å². The molecule has 0 unspecified atom stereocenters. The molecule has 0 atom stereocenters. The van der Waals surface area contributed by atoms with E-state index in [4.69, 9.17) is 15.0 Å². The van der Waals surface area contributed by atoms with E-state index in [0.717, 1.165) is 38.8 Å². The second-order valence-electron chi connectivity index (χ2n) is 19.6. The third kappa shape index (κ3) is 5.58. The van der Waals surface area contributed by atoms with Gasteiger partial charge in [0.1, 0.15) is 0 Å². The van der Waals surface area contributed by atoms with Gasteiger partial charge in [-0.25, -0.2) is 15.0 Å². The number of benzene rings is 8. The minimum Gasteiger partial charge on any atom is -0.309 e. The largest absolute Gasteiger partial charge is 0.309 e. The monoisotopic (exact) mass is 824 g/mol. The van der Waals surface area contributed by atoms with E-state index in [1.807, 2.05) is 6.07 Å². The van der Waals surface area contributed by atoms with E-state index in [2.05, 4.69) is 222 Å². The van der Waals surface area contributed by atoms with E-state index in [1.54, 1.807) is 0 Å². The summed E-state index contributed by atoms with van der Waals surface area (Å²) >= 11 is 0. The van der Waals surface area contributed by atoms with Crippen molar-refractivity contribution >= 4 is 21.8 Å². The lowest BCUT2D eigenvalue weighted by atomic mass is 9.68. The molecule has 0 radical (unpaired) electrons. The Hall–Kier alpha value is -7.43. The molecule has 0 saturated carbocycles. The number of rotatable bonds is 4. The van der Waals surface area contributed by atoms with Crippen LogP contribution in [0, 0.1) is 0 Å². The number of nitrogens with zero attached hydrogens (tertiary/aromatic N) is 4. The molecule has 2 heterocycles. The van der Waals surface area contributed by atoms with Crippen LogP contribution >= 0.6 is 0 Å². The molecule has 12 rings (SSSR count). The minimum atomic E-state index is -0.536. The first-order chi connectivity index (χ1) is 31.0. The minimum absolute atomic E-state index is 0.0288. The van der Waals surface area contributed by atoms with Crippen LogP contribution in [0.4, 0.5) is 0 Å². The predicted molar refractivity (Wildman–Crippen MR) is 264 cm³/mol. The zero-order valence-corrected chi connectivity index (χ0v) is 37.1. The average Bonchev–Trinajstić information content (AvgIpc) is 3.92. The molecule has 10 aromatic rings. The van der Waals surface area contributed by atoms with E-state index >= 15 is 0 Å². The van der Waals surface area contributed by atoms with Gasteiger partial charge < -0.3 is 4.57 Å². The van der Waals surface area contributed by atoms with Crippen molar-refractivity contribution in [2.75, 3.05) is 0 Å². The van der Waals surface area contributed by atoms with Crippen molar-refractivity contribution in [3.8, 4) is 62.1 Å². The van der Waals surface area contributed by atoms with E-state index in [9.17, 15) is 0 Å². The van der Waals surface area contributed by atoms with Crippen molar-refractivity contribution in [3.05, 3.63) is 215 Å². The standard InChI is InChI=1S/C60H48N4/c1-58(2,3)39-29-31-42-43-32-30-40(59(4,5)6)36-51(43)60(50(42)35-39)48-25-15-13-23-45(48)54-46(24-17-26-49(54)60)57-62-55(37-18-9-7-10-19-37)61-56(63-57)38-28-33-53-47(34-38)44-22-14-16-27-52(44)64(53)41-20-11-8-12-21-41/h7-36H,1-6H3. The SMILES string of the molecule is CC(C)(C)c1ccc2c(c1)C1(c3cc(C(C)(C)C)ccc3-2)c2ccccc2-c2c(-c3nc(-c4ccccc4)nc(-c4ccc5c(c4)c4ccccc4n5-c4ccccc4)n3)cccc21. The first kappa shape index (κ1) is 38.3. The summed E-state index contributed by atoms with van der Waals surface area (Å²) in [4.78, 5) is 16.1. The second kappa shape index (κ2) is 13.8. The Bertz CT molecular complexity index is 3450. The first-order valence-corrected chi connectivity index (χ1v) is 22.4. The molecular weight excluding hydrogens is 777 g/mol. The van der Waals surface area contributed by atoms with Crippen molar-refractivity contribution in [2.45, 2.75) is 57.8 Å². The molecular formula is C60H48N4. The molecule has 8 aromatic carbocycles. The molecule has 0 bridgehead atoms. The van der Waals surface area contributed by atoms with Crippen LogP contribution in [0.1, 0.15) is 74.9 Å². The van der Waals surface area contributed by atoms with Crippen LogP contribution in [0.2, 0.25) is 0 Å². The summed E-state index contributed by atoms with van der Waals surface area (Å²) in [5.41, 5.74) is 18.6. The Morgan fingerprint density at radius 2 is 0.922 bits per heavy atom. The van der Waals surface area contributed by atoms with E-state index < -0.39 is 5.41 Å². The van der Waals surface area contributed by atoms with Crippen LogP contribution in [0.5, 0.6) is 0 Å². The average molecular weight is 825 g/mol. The lowest BCUT2D eigenvalue weighted by molar-refractivity contribution is 0.586. The maximum atomic E-state index is 5.47. The highest BCUT2D eigenvalue weighted by molar-refractivity contribution is 6.10. The molecule has 1 spiro atoms. The van der Waals surface area contributed by atoms with Crippen molar-refractivity contribution < 1.29 is 0 Å². The number of aromatic nitrogens is 4.